The van der Waals surface area contributed by atoms with Crippen molar-refractivity contribution in [3.05, 3.63) is 39.8 Å². The average molecular weight is 318 g/mol. The summed E-state index contributed by atoms with van der Waals surface area (Å²) in [5, 5.41) is 11.6. The summed E-state index contributed by atoms with van der Waals surface area (Å²) in [6, 6.07) is 7.23. The first kappa shape index (κ1) is 14.5. The minimum atomic E-state index is -0.402. The van der Waals surface area contributed by atoms with E-state index in [0.717, 1.165) is 10.5 Å². The molecule has 0 aliphatic heterocycles. The molecule has 0 aliphatic carbocycles. The van der Waals surface area contributed by atoms with Gasteiger partial charge in [0.1, 0.15) is 5.01 Å². The number of benzene rings is 1. The van der Waals surface area contributed by atoms with Gasteiger partial charge in [0, 0.05) is 13.0 Å². The molecule has 2 heterocycles. The molecule has 0 fully saturated rings. The number of nitrogens with one attached hydrogen (secondary N) is 1. The van der Waals surface area contributed by atoms with Crippen molar-refractivity contribution in [2.24, 2.45) is 0 Å². The number of amides is 1. The van der Waals surface area contributed by atoms with Gasteiger partial charge in [-0.05, 0) is 25.5 Å². The number of rotatable bonds is 5. The molecule has 0 atom stereocenters. The molecule has 7 nitrogen and oxygen atoms in total. The predicted molar refractivity (Wildman–Crippen MR) is 83.0 cm³/mol. The Hall–Kier alpha value is -2.48. The van der Waals surface area contributed by atoms with Crippen LogP contribution in [0.1, 0.15) is 17.8 Å². The first-order valence-corrected chi connectivity index (χ1v) is 7.63. The van der Waals surface area contributed by atoms with Gasteiger partial charge in [-0.1, -0.05) is 23.5 Å². The van der Waals surface area contributed by atoms with E-state index in [0.29, 0.717) is 30.1 Å². The van der Waals surface area contributed by atoms with Gasteiger partial charge in [0.05, 0.1) is 5.52 Å². The van der Waals surface area contributed by atoms with E-state index in [9.17, 15) is 9.59 Å². The number of anilines is 1. The van der Waals surface area contributed by atoms with Crippen molar-refractivity contribution >= 4 is 33.5 Å². The number of hydrogen-bond acceptors (Lipinski definition) is 6. The van der Waals surface area contributed by atoms with Crippen LogP contribution in [-0.2, 0) is 11.3 Å². The number of fused-ring (bicyclic) bond motifs is 1. The van der Waals surface area contributed by atoms with Gasteiger partial charge < -0.3 is 9.73 Å². The molecular formula is C14H14N4O3S. The van der Waals surface area contributed by atoms with Gasteiger partial charge in [-0.25, -0.2) is 4.79 Å². The van der Waals surface area contributed by atoms with Crippen molar-refractivity contribution in [1.29, 1.82) is 0 Å². The van der Waals surface area contributed by atoms with E-state index < -0.39 is 5.76 Å². The normalized spacial score (nSPS) is 11.0. The molecule has 8 heteroatoms. The molecule has 1 aromatic carbocycles. The van der Waals surface area contributed by atoms with Crippen LogP contribution < -0.4 is 11.1 Å². The van der Waals surface area contributed by atoms with E-state index in [1.165, 1.54) is 15.9 Å². The van der Waals surface area contributed by atoms with E-state index in [-0.39, 0.29) is 5.91 Å². The molecular weight excluding hydrogens is 304 g/mol. The summed E-state index contributed by atoms with van der Waals surface area (Å²) in [5.41, 5.74) is 1.30. The van der Waals surface area contributed by atoms with Crippen LogP contribution in [-0.4, -0.2) is 20.7 Å². The lowest BCUT2D eigenvalue weighted by atomic mass is 10.3. The summed E-state index contributed by atoms with van der Waals surface area (Å²) in [5.74, 6) is -0.543. The van der Waals surface area contributed by atoms with E-state index in [2.05, 4.69) is 15.5 Å². The number of oxazole rings is 1. The minimum Gasteiger partial charge on any atom is -0.408 e. The van der Waals surface area contributed by atoms with Gasteiger partial charge >= 0.3 is 5.76 Å². The molecule has 3 aromatic rings. The van der Waals surface area contributed by atoms with Crippen LogP contribution >= 0.6 is 11.3 Å². The van der Waals surface area contributed by atoms with Crippen molar-refractivity contribution in [2.75, 3.05) is 5.32 Å². The highest BCUT2D eigenvalue weighted by Crippen LogP contribution is 2.15. The Balaban J connectivity index is 1.59. The lowest BCUT2D eigenvalue weighted by Crippen LogP contribution is -2.17. The van der Waals surface area contributed by atoms with Gasteiger partial charge in [0.15, 0.2) is 5.58 Å². The minimum absolute atomic E-state index is 0.142. The maximum atomic E-state index is 11.8. The largest absolute Gasteiger partial charge is 0.419 e. The Morgan fingerprint density at radius 2 is 2.18 bits per heavy atom. The van der Waals surface area contributed by atoms with Crippen LogP contribution in [0.15, 0.2) is 33.5 Å². The number of aromatic nitrogens is 3. The van der Waals surface area contributed by atoms with Crippen LogP contribution in [0.25, 0.3) is 11.1 Å². The second-order valence-electron chi connectivity index (χ2n) is 4.77. The number of hydrogen-bond donors (Lipinski definition) is 1. The Bertz CT molecular complexity index is 864. The molecule has 3 rings (SSSR count). The number of carbonyl (C=O) groups is 1. The maximum absolute atomic E-state index is 11.8. The average Bonchev–Trinajstić information content (AvgIpc) is 3.03. The fraction of sp³-hybridized carbons (Fsp3) is 0.286. The summed E-state index contributed by atoms with van der Waals surface area (Å²) < 4.78 is 6.68. The molecule has 0 radical (unpaired) electrons. The highest BCUT2D eigenvalue weighted by Gasteiger charge is 2.10. The molecule has 0 bridgehead atoms. The second-order valence-corrected chi connectivity index (χ2v) is 5.95. The Labute approximate surface area is 129 Å². The van der Waals surface area contributed by atoms with E-state index in [1.54, 1.807) is 6.07 Å². The van der Waals surface area contributed by atoms with Crippen molar-refractivity contribution in [1.82, 2.24) is 14.8 Å². The quantitative estimate of drug-likeness (QED) is 0.778. The first-order chi connectivity index (χ1) is 10.6. The molecule has 114 valence electrons. The summed E-state index contributed by atoms with van der Waals surface area (Å²) in [4.78, 5) is 23.6. The zero-order valence-corrected chi connectivity index (χ0v) is 12.7. The van der Waals surface area contributed by atoms with Crippen molar-refractivity contribution < 1.29 is 9.21 Å². The zero-order valence-electron chi connectivity index (χ0n) is 11.9. The predicted octanol–water partition coefficient (Wildman–Crippen LogP) is 2.17. The Kier molecular flexibility index (Phi) is 4.01. The first-order valence-electron chi connectivity index (χ1n) is 6.82. The monoisotopic (exact) mass is 318 g/mol. The van der Waals surface area contributed by atoms with E-state index >= 15 is 0 Å². The molecule has 0 saturated heterocycles. The fourth-order valence-electron chi connectivity index (χ4n) is 2.15. The van der Waals surface area contributed by atoms with Crippen LogP contribution in [0.4, 0.5) is 5.13 Å². The Morgan fingerprint density at radius 3 is 2.95 bits per heavy atom. The highest BCUT2D eigenvalue weighted by atomic mass is 32.1. The lowest BCUT2D eigenvalue weighted by molar-refractivity contribution is -0.116. The number of carbonyl (C=O) groups excluding carboxylic acids is 1. The molecule has 2 aromatic heterocycles. The number of aryl methyl sites for hydroxylation is 2. The van der Waals surface area contributed by atoms with Gasteiger partial charge in [0.25, 0.3) is 0 Å². The molecule has 0 spiro atoms. The third-order valence-corrected chi connectivity index (χ3v) is 3.89. The zero-order chi connectivity index (χ0) is 15.5. The van der Waals surface area contributed by atoms with E-state index in [1.807, 2.05) is 25.1 Å². The molecule has 0 aliphatic rings. The standard InChI is InChI=1S/C14H14N4O3S/c1-9-16-17-13(22-9)15-12(19)7-4-8-18-10-5-2-3-6-11(10)21-14(18)20/h2-3,5-6H,4,7-8H2,1H3,(H,15,17,19). The smallest absolute Gasteiger partial charge is 0.408 e. The summed E-state index contributed by atoms with van der Waals surface area (Å²) in [6.07, 6.45) is 0.831. The van der Waals surface area contributed by atoms with Crippen molar-refractivity contribution in [2.45, 2.75) is 26.3 Å². The highest BCUT2D eigenvalue weighted by molar-refractivity contribution is 7.15. The van der Waals surface area contributed by atoms with Crippen LogP contribution in [0.5, 0.6) is 0 Å². The summed E-state index contributed by atoms with van der Waals surface area (Å²) in [7, 11) is 0. The van der Waals surface area contributed by atoms with Crippen molar-refractivity contribution in [3.63, 3.8) is 0 Å². The van der Waals surface area contributed by atoms with Gasteiger partial charge in [0.2, 0.25) is 11.0 Å². The third kappa shape index (κ3) is 3.06. The van der Waals surface area contributed by atoms with Gasteiger partial charge in [-0.15, -0.1) is 10.2 Å². The molecule has 0 saturated carbocycles. The van der Waals surface area contributed by atoms with Crippen LogP contribution in [0, 0.1) is 6.92 Å². The van der Waals surface area contributed by atoms with E-state index in [4.69, 9.17) is 4.42 Å². The molecule has 1 N–H and O–H groups in total. The molecule has 22 heavy (non-hydrogen) atoms. The van der Waals surface area contributed by atoms with Crippen LogP contribution in [0.2, 0.25) is 0 Å². The topological polar surface area (TPSA) is 90.0 Å². The van der Waals surface area contributed by atoms with Crippen LogP contribution in [0.3, 0.4) is 0 Å². The Morgan fingerprint density at radius 1 is 1.36 bits per heavy atom. The SMILES string of the molecule is Cc1nnc(NC(=O)CCCn2c(=O)oc3ccccc32)s1. The summed E-state index contributed by atoms with van der Waals surface area (Å²) >= 11 is 1.33. The summed E-state index contributed by atoms with van der Waals surface area (Å²) in [6.45, 7) is 2.25. The third-order valence-electron chi connectivity index (χ3n) is 3.13. The maximum Gasteiger partial charge on any atom is 0.419 e. The molecule has 0 unspecified atom stereocenters. The second kappa shape index (κ2) is 6.10. The van der Waals surface area contributed by atoms with Gasteiger partial charge in [-0.2, -0.15) is 0 Å². The number of nitrogens with zero attached hydrogens (tertiary/aromatic N) is 3. The van der Waals surface area contributed by atoms with Gasteiger partial charge in [-0.3, -0.25) is 9.36 Å². The fourth-order valence-corrected chi connectivity index (χ4v) is 2.76. The lowest BCUT2D eigenvalue weighted by Gasteiger charge is -2.02. The molecule has 1 amide bonds. The number of para-hydroxylation sites is 2. The van der Waals surface area contributed by atoms with Crippen molar-refractivity contribution in [3.8, 4) is 0 Å².